The van der Waals surface area contributed by atoms with E-state index in [1.54, 1.807) is 48.7 Å². The molecule has 1 aliphatic heterocycles. The van der Waals surface area contributed by atoms with E-state index in [0.717, 1.165) is 19.3 Å². The highest BCUT2D eigenvalue weighted by molar-refractivity contribution is 7.91. The zero-order valence-corrected chi connectivity index (χ0v) is 16.5. The molecule has 0 spiro atoms. The number of halogens is 1. The van der Waals surface area contributed by atoms with E-state index in [9.17, 15) is 12.8 Å². The Kier molecular flexibility index (Phi) is 4.81. The number of ether oxygens (including phenoxy) is 1. The molecule has 146 valence electrons. The van der Waals surface area contributed by atoms with Gasteiger partial charge in [-0.05, 0) is 49.6 Å². The third-order valence-electron chi connectivity index (χ3n) is 5.48. The third-order valence-corrected chi connectivity index (χ3v) is 7.87. The first kappa shape index (κ1) is 18.8. The molecule has 2 heterocycles. The van der Waals surface area contributed by atoms with Crippen LogP contribution in [0, 0.1) is 5.82 Å². The molecule has 1 aliphatic rings. The van der Waals surface area contributed by atoms with Gasteiger partial charge < -0.3 is 4.74 Å². The summed E-state index contributed by atoms with van der Waals surface area (Å²) in [6, 6.07) is 12.8. The number of pyridine rings is 1. The van der Waals surface area contributed by atoms with Gasteiger partial charge >= 0.3 is 10.0 Å². The molecule has 1 saturated heterocycles. The summed E-state index contributed by atoms with van der Waals surface area (Å²) in [5.41, 5.74) is 0.685. The fourth-order valence-corrected chi connectivity index (χ4v) is 6.32. The maximum Gasteiger partial charge on any atom is 0.332 e. The fraction of sp³-hybridized carbons (Fsp3) is 0.286. The summed E-state index contributed by atoms with van der Waals surface area (Å²) in [4.78, 5) is 4.47. The van der Waals surface area contributed by atoms with Crippen molar-refractivity contribution in [3.63, 3.8) is 0 Å². The van der Waals surface area contributed by atoms with Crippen LogP contribution < -0.4 is 8.63 Å². The lowest BCUT2D eigenvalue weighted by Crippen LogP contribution is -2.57. The molecule has 0 amide bonds. The number of piperidine rings is 1. The van der Waals surface area contributed by atoms with Crippen molar-refractivity contribution in [2.24, 2.45) is 0 Å². The molecule has 3 aromatic rings. The largest absolute Gasteiger partial charge is 0.494 e. The topological polar surface area (TPSA) is 56.3 Å². The van der Waals surface area contributed by atoms with Gasteiger partial charge in [-0.1, -0.05) is 12.1 Å². The quantitative estimate of drug-likeness (QED) is 0.613. The number of nitrogens with zero attached hydrogens (tertiary/aromatic N) is 2. The van der Waals surface area contributed by atoms with Gasteiger partial charge in [-0.2, -0.15) is 12.3 Å². The summed E-state index contributed by atoms with van der Waals surface area (Å²) >= 11 is 0. The highest BCUT2D eigenvalue weighted by Gasteiger charge is 2.48. The summed E-state index contributed by atoms with van der Waals surface area (Å²) < 4.78 is 47.8. The van der Waals surface area contributed by atoms with E-state index in [1.807, 2.05) is 0 Å². The molecule has 4 rings (SSSR count). The molecule has 1 fully saturated rings. The van der Waals surface area contributed by atoms with Crippen molar-refractivity contribution in [2.45, 2.75) is 24.2 Å². The summed E-state index contributed by atoms with van der Waals surface area (Å²) in [5.74, 6) is 0.00885. The zero-order valence-electron chi connectivity index (χ0n) is 15.6. The predicted octanol–water partition coefficient (Wildman–Crippen LogP) is 4.26. The second-order valence-electron chi connectivity index (χ2n) is 6.99. The monoisotopic (exact) mass is 401 g/mol. The van der Waals surface area contributed by atoms with E-state index < -0.39 is 19.7 Å². The molecular formula is C21H22FN2O3S+. The van der Waals surface area contributed by atoms with E-state index in [-0.39, 0.29) is 10.6 Å². The zero-order chi connectivity index (χ0) is 19.8. The SMILES string of the molecule is COc1ccc(S(=O)(=O)[N+]2(c3ccccc3F)CCCCC2)c2cccnc12. The van der Waals surface area contributed by atoms with Gasteiger partial charge in [0.2, 0.25) is 0 Å². The number of quaternary nitrogens is 1. The molecule has 0 aliphatic carbocycles. The lowest BCUT2D eigenvalue weighted by molar-refractivity contribution is 0.334. The van der Waals surface area contributed by atoms with E-state index in [4.69, 9.17) is 4.74 Å². The Morgan fingerprint density at radius 2 is 1.75 bits per heavy atom. The van der Waals surface area contributed by atoms with Gasteiger partial charge in [0.05, 0.1) is 20.2 Å². The molecule has 0 saturated carbocycles. The molecule has 0 radical (unpaired) electrons. The van der Waals surface area contributed by atoms with E-state index in [1.165, 1.54) is 13.2 Å². The molecule has 0 N–H and O–H groups in total. The van der Waals surface area contributed by atoms with Crippen molar-refractivity contribution in [1.29, 1.82) is 0 Å². The van der Waals surface area contributed by atoms with Crippen molar-refractivity contribution >= 4 is 26.6 Å². The second kappa shape index (κ2) is 7.14. The molecule has 2 aromatic carbocycles. The first-order valence-electron chi connectivity index (χ1n) is 9.30. The van der Waals surface area contributed by atoms with Gasteiger partial charge in [0.25, 0.3) is 0 Å². The van der Waals surface area contributed by atoms with Gasteiger partial charge in [-0.3, -0.25) is 4.98 Å². The smallest absolute Gasteiger partial charge is 0.332 e. The van der Waals surface area contributed by atoms with Crippen LogP contribution in [0.4, 0.5) is 10.1 Å². The number of aromatic nitrogens is 1. The Hall–Kier alpha value is -2.51. The van der Waals surface area contributed by atoms with Crippen molar-refractivity contribution < 1.29 is 17.5 Å². The second-order valence-corrected chi connectivity index (χ2v) is 9.08. The van der Waals surface area contributed by atoms with Gasteiger partial charge in [0.15, 0.2) is 11.5 Å². The first-order chi connectivity index (χ1) is 13.5. The molecular weight excluding hydrogens is 379 g/mol. The highest BCUT2D eigenvalue weighted by atomic mass is 32.2. The maximum atomic E-state index is 14.8. The van der Waals surface area contributed by atoms with Crippen molar-refractivity contribution in [1.82, 2.24) is 8.87 Å². The predicted molar refractivity (Wildman–Crippen MR) is 107 cm³/mol. The molecule has 0 unspecified atom stereocenters. The van der Waals surface area contributed by atoms with E-state index in [2.05, 4.69) is 4.98 Å². The number of rotatable bonds is 4. The first-order valence-corrected chi connectivity index (χ1v) is 10.7. The minimum absolute atomic E-state index is 0.154. The normalized spacial score (nSPS) is 16.8. The number of sulfonamides is 1. The Bertz CT molecular complexity index is 1130. The molecule has 7 heteroatoms. The number of para-hydroxylation sites is 1. The van der Waals surface area contributed by atoms with Crippen LogP contribution in [0.2, 0.25) is 0 Å². The fourth-order valence-electron chi connectivity index (χ4n) is 4.11. The Labute approximate surface area is 164 Å². The molecule has 5 nitrogen and oxygen atoms in total. The average Bonchev–Trinajstić information content (AvgIpc) is 2.73. The van der Waals surface area contributed by atoms with Gasteiger partial charge in [0.1, 0.15) is 16.2 Å². The lowest BCUT2D eigenvalue weighted by atomic mass is 10.1. The highest BCUT2D eigenvalue weighted by Crippen LogP contribution is 2.40. The van der Waals surface area contributed by atoms with Crippen LogP contribution in [-0.2, 0) is 10.0 Å². The summed E-state index contributed by atoms with van der Waals surface area (Å²) in [6.07, 6.45) is 3.98. The molecule has 28 heavy (non-hydrogen) atoms. The minimum atomic E-state index is -3.95. The van der Waals surface area contributed by atoms with Crippen LogP contribution in [0.25, 0.3) is 10.9 Å². The summed E-state index contributed by atoms with van der Waals surface area (Å²) in [6.45, 7) is 0.689. The lowest BCUT2D eigenvalue weighted by Gasteiger charge is -2.39. The third kappa shape index (κ3) is 2.77. The van der Waals surface area contributed by atoms with Crippen LogP contribution in [0.3, 0.4) is 0 Å². The minimum Gasteiger partial charge on any atom is -0.494 e. The molecule has 0 atom stereocenters. The van der Waals surface area contributed by atoms with Crippen molar-refractivity contribution in [2.75, 3.05) is 20.2 Å². The number of benzene rings is 2. The number of hydrogen-bond acceptors (Lipinski definition) is 4. The van der Waals surface area contributed by atoms with Crippen molar-refractivity contribution in [3.8, 4) is 5.75 Å². The van der Waals surface area contributed by atoms with Crippen LogP contribution in [0.5, 0.6) is 5.75 Å². The number of methoxy groups -OCH3 is 1. The Balaban J connectivity index is 2.01. The number of hydrogen-bond donors (Lipinski definition) is 0. The Morgan fingerprint density at radius 3 is 2.46 bits per heavy atom. The molecule has 0 bridgehead atoms. The maximum absolute atomic E-state index is 14.8. The van der Waals surface area contributed by atoms with Crippen LogP contribution in [-0.4, -0.2) is 33.6 Å². The van der Waals surface area contributed by atoms with E-state index in [0.29, 0.717) is 29.7 Å². The van der Waals surface area contributed by atoms with Gasteiger partial charge in [0, 0.05) is 17.6 Å². The summed E-state index contributed by atoms with van der Waals surface area (Å²) in [7, 11) is -2.43. The van der Waals surface area contributed by atoms with Crippen molar-refractivity contribution in [3.05, 3.63) is 60.5 Å². The average molecular weight is 401 g/mol. The summed E-state index contributed by atoms with van der Waals surface area (Å²) in [5, 5.41) is 0.487. The van der Waals surface area contributed by atoms with Gasteiger partial charge in [-0.15, -0.1) is 0 Å². The molecule has 1 aromatic heterocycles. The standard InChI is InChI=1S/C21H22FN2O3S/c1-27-19-11-12-20(16-8-7-13-23-21(16)19)28(25,26)24(14-5-2-6-15-24)18-10-4-3-9-17(18)22/h3-4,7-13H,2,5-6,14-15H2,1H3/q+1. The van der Waals surface area contributed by atoms with Crippen LogP contribution >= 0.6 is 0 Å². The Morgan fingerprint density at radius 1 is 1.00 bits per heavy atom. The number of fused-ring (bicyclic) bond motifs is 1. The van der Waals surface area contributed by atoms with Crippen LogP contribution in [0.1, 0.15) is 19.3 Å². The van der Waals surface area contributed by atoms with Crippen LogP contribution in [0.15, 0.2) is 59.6 Å². The van der Waals surface area contributed by atoms with E-state index >= 15 is 0 Å². The van der Waals surface area contributed by atoms with Gasteiger partial charge in [-0.25, -0.2) is 4.39 Å².